The van der Waals surface area contributed by atoms with Crippen LogP contribution in [0.5, 0.6) is 5.88 Å². The minimum atomic E-state index is -4.39. The normalized spacial score (nSPS) is 11.7. The maximum Gasteiger partial charge on any atom is 0.422 e. The van der Waals surface area contributed by atoms with Gasteiger partial charge in [-0.15, -0.1) is 35.3 Å². The van der Waals surface area contributed by atoms with E-state index in [9.17, 15) is 13.2 Å². The minimum absolute atomic E-state index is 0. The molecule has 156 valence electrons. The van der Waals surface area contributed by atoms with Gasteiger partial charge in [0.15, 0.2) is 12.6 Å². The van der Waals surface area contributed by atoms with Crippen LogP contribution in [0.4, 0.5) is 13.2 Å². The average molecular weight is 529 g/mol. The third kappa shape index (κ3) is 9.53. The molecule has 0 aliphatic carbocycles. The van der Waals surface area contributed by atoms with Gasteiger partial charge >= 0.3 is 6.18 Å². The van der Waals surface area contributed by atoms with Crippen molar-refractivity contribution in [2.45, 2.75) is 33.0 Å². The van der Waals surface area contributed by atoms with Crippen LogP contribution in [0.2, 0.25) is 0 Å². The second-order valence-corrected chi connectivity index (χ2v) is 6.96. The summed E-state index contributed by atoms with van der Waals surface area (Å²) in [4.78, 5) is 13.7. The monoisotopic (exact) mass is 529 g/mol. The fourth-order valence-corrected chi connectivity index (χ4v) is 2.89. The van der Waals surface area contributed by atoms with Gasteiger partial charge in [-0.2, -0.15) is 13.2 Å². The van der Waals surface area contributed by atoms with Gasteiger partial charge in [-0.3, -0.25) is 0 Å². The van der Waals surface area contributed by atoms with Gasteiger partial charge in [0, 0.05) is 42.8 Å². The number of aryl methyl sites for hydroxylation is 1. The highest BCUT2D eigenvalue weighted by atomic mass is 127. The Labute approximate surface area is 183 Å². The second-order valence-electron chi connectivity index (χ2n) is 5.64. The first-order valence-corrected chi connectivity index (χ1v) is 9.25. The lowest BCUT2D eigenvalue weighted by molar-refractivity contribution is -0.154. The second kappa shape index (κ2) is 12.0. The standard InChI is InChI=1S/C17H22F3N5OS.HI/c1-3-21-16(23-7-5-15-24-9-12(2)27-15)25-10-13-4-6-22-14(8-13)26-11-17(18,19)20;/h4,6,8-9H,3,5,7,10-11H2,1-2H3,(H2,21,23,25);1H. The Morgan fingerprint density at radius 1 is 1.29 bits per heavy atom. The maximum absolute atomic E-state index is 12.2. The summed E-state index contributed by atoms with van der Waals surface area (Å²) in [6.07, 6.45) is -0.357. The maximum atomic E-state index is 12.2. The Morgan fingerprint density at radius 3 is 2.71 bits per heavy atom. The van der Waals surface area contributed by atoms with Crippen molar-refractivity contribution < 1.29 is 17.9 Å². The molecular formula is C17H23F3IN5OS. The highest BCUT2D eigenvalue weighted by Crippen LogP contribution is 2.17. The van der Waals surface area contributed by atoms with Crippen LogP contribution in [0.25, 0.3) is 0 Å². The number of hydrogen-bond donors (Lipinski definition) is 2. The largest absolute Gasteiger partial charge is 0.468 e. The average Bonchev–Trinajstić information content (AvgIpc) is 3.03. The minimum Gasteiger partial charge on any atom is -0.468 e. The fraction of sp³-hybridized carbons (Fsp3) is 0.471. The van der Waals surface area contributed by atoms with Gasteiger partial charge in [0.05, 0.1) is 11.6 Å². The number of thiazole rings is 1. The van der Waals surface area contributed by atoms with E-state index in [0.29, 0.717) is 24.6 Å². The Hall–Kier alpha value is -1.63. The topological polar surface area (TPSA) is 71.4 Å². The van der Waals surface area contributed by atoms with Gasteiger partial charge in [-0.05, 0) is 25.5 Å². The summed E-state index contributed by atoms with van der Waals surface area (Å²) in [5.41, 5.74) is 0.704. The first kappa shape index (κ1) is 24.4. The molecule has 0 spiro atoms. The third-order valence-corrected chi connectivity index (χ3v) is 4.22. The highest BCUT2D eigenvalue weighted by Gasteiger charge is 2.28. The number of halogens is 4. The summed E-state index contributed by atoms with van der Waals surface area (Å²) in [5.74, 6) is 0.553. The van der Waals surface area contributed by atoms with Gasteiger partial charge in [-0.25, -0.2) is 15.0 Å². The van der Waals surface area contributed by atoms with Crippen LogP contribution in [0.3, 0.4) is 0 Å². The Balaban J connectivity index is 0.00000392. The summed E-state index contributed by atoms with van der Waals surface area (Å²) in [6, 6.07) is 3.14. The number of guanidine groups is 1. The van der Waals surface area contributed by atoms with Crippen LogP contribution in [-0.4, -0.2) is 41.8 Å². The van der Waals surface area contributed by atoms with E-state index in [2.05, 4.69) is 30.3 Å². The van der Waals surface area contributed by atoms with Crippen molar-refractivity contribution in [2.24, 2.45) is 4.99 Å². The van der Waals surface area contributed by atoms with Crippen LogP contribution in [0, 0.1) is 6.92 Å². The molecule has 0 saturated carbocycles. The van der Waals surface area contributed by atoms with Gasteiger partial charge in [-0.1, -0.05) is 0 Å². The van der Waals surface area contributed by atoms with Crippen LogP contribution in [-0.2, 0) is 13.0 Å². The van der Waals surface area contributed by atoms with Crippen LogP contribution in [0.1, 0.15) is 22.4 Å². The molecule has 0 saturated heterocycles. The summed E-state index contributed by atoms with van der Waals surface area (Å²) in [5, 5.41) is 7.40. The molecule has 6 nitrogen and oxygen atoms in total. The van der Waals surface area contributed by atoms with E-state index in [0.717, 1.165) is 11.4 Å². The van der Waals surface area contributed by atoms with Gasteiger partial charge in [0.2, 0.25) is 5.88 Å². The number of nitrogens with zero attached hydrogens (tertiary/aromatic N) is 3. The molecule has 0 fully saturated rings. The molecule has 0 bridgehead atoms. The predicted octanol–water partition coefficient (Wildman–Crippen LogP) is 3.70. The summed E-state index contributed by atoms with van der Waals surface area (Å²) in [7, 11) is 0. The van der Waals surface area contributed by atoms with Crippen molar-refractivity contribution in [1.29, 1.82) is 0 Å². The number of rotatable bonds is 8. The molecule has 0 unspecified atom stereocenters. The predicted molar refractivity (Wildman–Crippen MR) is 115 cm³/mol. The highest BCUT2D eigenvalue weighted by molar-refractivity contribution is 14.0. The lowest BCUT2D eigenvalue weighted by Crippen LogP contribution is -2.38. The number of aliphatic imine (C=N–C) groups is 1. The molecule has 2 N–H and O–H groups in total. The number of alkyl halides is 3. The molecular weight excluding hydrogens is 506 g/mol. The fourth-order valence-electron chi connectivity index (χ4n) is 2.10. The Morgan fingerprint density at radius 2 is 2.07 bits per heavy atom. The van der Waals surface area contributed by atoms with Crippen molar-refractivity contribution in [2.75, 3.05) is 19.7 Å². The SMILES string of the molecule is CCNC(=NCc1ccnc(OCC(F)(F)F)c1)NCCc1ncc(C)s1.I. The summed E-state index contributed by atoms with van der Waals surface area (Å²) in [6.45, 7) is 4.26. The number of pyridine rings is 1. The summed E-state index contributed by atoms with van der Waals surface area (Å²) >= 11 is 1.66. The third-order valence-electron chi connectivity index (χ3n) is 3.25. The van der Waals surface area contributed by atoms with E-state index in [1.54, 1.807) is 17.4 Å². The zero-order chi connectivity index (χ0) is 19.7. The molecule has 28 heavy (non-hydrogen) atoms. The molecule has 2 heterocycles. The molecule has 0 aliphatic heterocycles. The molecule has 2 rings (SSSR count). The van der Waals surface area contributed by atoms with Crippen LogP contribution < -0.4 is 15.4 Å². The molecule has 0 atom stereocenters. The molecule has 0 radical (unpaired) electrons. The molecule has 2 aromatic heterocycles. The van der Waals surface area contributed by atoms with E-state index < -0.39 is 12.8 Å². The van der Waals surface area contributed by atoms with Gasteiger partial charge in [0.1, 0.15) is 0 Å². The van der Waals surface area contributed by atoms with E-state index in [1.807, 2.05) is 20.0 Å². The number of nitrogens with one attached hydrogen (secondary N) is 2. The lowest BCUT2D eigenvalue weighted by atomic mass is 10.3. The number of hydrogen-bond acceptors (Lipinski definition) is 5. The first-order chi connectivity index (χ1) is 12.9. The molecule has 0 aromatic carbocycles. The molecule has 0 aliphatic rings. The quantitative estimate of drug-likeness (QED) is 0.310. The van der Waals surface area contributed by atoms with E-state index in [4.69, 9.17) is 0 Å². The Bertz CT molecular complexity index is 754. The van der Waals surface area contributed by atoms with Crippen molar-refractivity contribution in [3.8, 4) is 5.88 Å². The first-order valence-electron chi connectivity index (χ1n) is 8.43. The van der Waals surface area contributed by atoms with Crippen LogP contribution >= 0.6 is 35.3 Å². The smallest absolute Gasteiger partial charge is 0.422 e. The molecule has 0 amide bonds. The van der Waals surface area contributed by atoms with Crippen molar-refractivity contribution in [3.63, 3.8) is 0 Å². The molecule has 2 aromatic rings. The number of aromatic nitrogens is 2. The summed E-state index contributed by atoms with van der Waals surface area (Å²) < 4.78 is 41.3. The van der Waals surface area contributed by atoms with Crippen molar-refractivity contribution >= 4 is 41.3 Å². The van der Waals surface area contributed by atoms with Gasteiger partial charge in [0.25, 0.3) is 0 Å². The van der Waals surface area contributed by atoms with Crippen molar-refractivity contribution in [3.05, 3.63) is 40.0 Å². The van der Waals surface area contributed by atoms with E-state index in [1.165, 1.54) is 17.1 Å². The zero-order valence-corrected chi connectivity index (χ0v) is 18.7. The van der Waals surface area contributed by atoms with Gasteiger partial charge < -0.3 is 15.4 Å². The number of ether oxygens (including phenoxy) is 1. The van der Waals surface area contributed by atoms with E-state index >= 15 is 0 Å². The zero-order valence-electron chi connectivity index (χ0n) is 15.5. The lowest BCUT2D eigenvalue weighted by Gasteiger charge is -2.11. The van der Waals surface area contributed by atoms with Crippen molar-refractivity contribution in [1.82, 2.24) is 20.6 Å². The van der Waals surface area contributed by atoms with E-state index in [-0.39, 0.29) is 36.4 Å². The van der Waals surface area contributed by atoms with Crippen LogP contribution in [0.15, 0.2) is 29.5 Å². The Kier molecular flexibility index (Phi) is 10.5. The molecule has 11 heteroatoms.